The van der Waals surface area contributed by atoms with Crippen molar-refractivity contribution >= 4 is 17.6 Å². The normalized spacial score (nSPS) is 14.7. The van der Waals surface area contributed by atoms with Crippen molar-refractivity contribution in [3.05, 3.63) is 30.1 Å². The Labute approximate surface area is 154 Å². The van der Waals surface area contributed by atoms with Gasteiger partial charge in [-0.3, -0.25) is 9.79 Å². The van der Waals surface area contributed by atoms with Crippen LogP contribution in [-0.2, 0) is 4.79 Å². The van der Waals surface area contributed by atoms with Crippen LogP contribution in [0.4, 0.5) is 10.1 Å². The predicted molar refractivity (Wildman–Crippen MR) is 103 cm³/mol. The van der Waals surface area contributed by atoms with Crippen LogP contribution in [0.2, 0.25) is 0 Å². The van der Waals surface area contributed by atoms with Crippen molar-refractivity contribution in [3.63, 3.8) is 0 Å². The Morgan fingerprint density at radius 3 is 2.54 bits per heavy atom. The molecule has 26 heavy (non-hydrogen) atoms. The highest BCUT2D eigenvalue weighted by molar-refractivity contribution is 5.81. The van der Waals surface area contributed by atoms with Gasteiger partial charge in [-0.05, 0) is 31.2 Å². The van der Waals surface area contributed by atoms with Crippen LogP contribution >= 0.6 is 0 Å². The lowest BCUT2D eigenvalue weighted by molar-refractivity contribution is -0.131. The fourth-order valence-corrected chi connectivity index (χ4v) is 2.76. The van der Waals surface area contributed by atoms with E-state index in [0.29, 0.717) is 38.6 Å². The monoisotopic (exact) mass is 359 g/mol. The van der Waals surface area contributed by atoms with Gasteiger partial charge in [-0.2, -0.15) is 0 Å². The zero-order chi connectivity index (χ0) is 18.8. The molecule has 0 spiro atoms. The van der Waals surface area contributed by atoms with Crippen LogP contribution in [0.1, 0.15) is 13.3 Å². The molecule has 1 heterocycles. The molecule has 0 bridgehead atoms. The molecule has 1 fully saturated rings. The van der Waals surface area contributed by atoms with E-state index in [2.05, 4.69) is 26.4 Å². The molecule has 140 valence electrons. The number of halogens is 1. The van der Waals surface area contributed by atoms with Gasteiger partial charge in [0.15, 0.2) is 5.96 Å². The highest BCUT2D eigenvalue weighted by Crippen LogP contribution is 2.17. The summed E-state index contributed by atoms with van der Waals surface area (Å²) in [6.07, 6.45) is 5.59. The average molecular weight is 359 g/mol. The number of nitrogens with one attached hydrogen (secondary N) is 2. The maximum atomic E-state index is 13.0. The molecule has 1 aliphatic heterocycles. The summed E-state index contributed by atoms with van der Waals surface area (Å²) in [5.41, 5.74) is 0.984. The lowest BCUT2D eigenvalue weighted by Crippen LogP contribution is -2.49. The van der Waals surface area contributed by atoms with Gasteiger partial charge in [0.05, 0.1) is 13.1 Å². The molecule has 2 rings (SSSR count). The van der Waals surface area contributed by atoms with Crippen LogP contribution in [0.3, 0.4) is 0 Å². The fourth-order valence-electron chi connectivity index (χ4n) is 2.76. The summed E-state index contributed by atoms with van der Waals surface area (Å²) in [7, 11) is 0. The first-order chi connectivity index (χ1) is 12.6. The lowest BCUT2D eigenvalue weighted by Gasteiger charge is -2.36. The summed E-state index contributed by atoms with van der Waals surface area (Å²) in [5, 5.41) is 6.08. The van der Waals surface area contributed by atoms with E-state index in [1.54, 1.807) is 12.1 Å². The fraction of sp³-hybridized carbons (Fsp3) is 0.474. The second kappa shape index (κ2) is 10.3. The van der Waals surface area contributed by atoms with Crippen molar-refractivity contribution in [2.75, 3.05) is 50.7 Å². The van der Waals surface area contributed by atoms with Gasteiger partial charge in [0.1, 0.15) is 5.82 Å². The van der Waals surface area contributed by atoms with Gasteiger partial charge in [0.25, 0.3) is 0 Å². The standard InChI is InChI=1S/C19H26FN5O/c1-3-10-22-19(21-4-2)23-11-9-18(26)25-14-12-24(13-15-25)17-7-5-16(20)6-8-17/h1,5-8H,4,9-15H2,2H3,(H2,21,22,23). The molecule has 0 atom stereocenters. The van der Waals surface area contributed by atoms with Crippen LogP contribution < -0.4 is 15.5 Å². The summed E-state index contributed by atoms with van der Waals surface area (Å²) in [5.74, 6) is 2.98. The van der Waals surface area contributed by atoms with Gasteiger partial charge in [-0.25, -0.2) is 4.39 Å². The number of rotatable bonds is 6. The molecule has 0 unspecified atom stereocenters. The molecule has 0 aliphatic carbocycles. The molecule has 0 saturated carbocycles. The highest BCUT2D eigenvalue weighted by atomic mass is 19.1. The molecular weight excluding hydrogens is 333 g/mol. The first kappa shape index (κ1) is 19.6. The van der Waals surface area contributed by atoms with E-state index in [1.165, 1.54) is 12.1 Å². The van der Waals surface area contributed by atoms with Crippen molar-refractivity contribution < 1.29 is 9.18 Å². The van der Waals surface area contributed by atoms with Gasteiger partial charge < -0.3 is 20.4 Å². The van der Waals surface area contributed by atoms with Crippen LogP contribution in [0.25, 0.3) is 0 Å². The number of nitrogens with zero attached hydrogens (tertiary/aromatic N) is 3. The zero-order valence-electron chi connectivity index (χ0n) is 15.2. The van der Waals surface area contributed by atoms with Crippen molar-refractivity contribution in [1.82, 2.24) is 15.5 Å². The molecule has 1 aromatic rings. The summed E-state index contributed by atoms with van der Waals surface area (Å²) in [6.45, 7) is 6.32. The summed E-state index contributed by atoms with van der Waals surface area (Å²) in [4.78, 5) is 20.7. The Hall–Kier alpha value is -2.75. The topological polar surface area (TPSA) is 60.0 Å². The Morgan fingerprint density at radius 1 is 1.23 bits per heavy atom. The average Bonchev–Trinajstić information content (AvgIpc) is 2.66. The molecule has 0 aromatic heterocycles. The van der Waals surface area contributed by atoms with Crippen molar-refractivity contribution in [1.29, 1.82) is 0 Å². The molecule has 7 heteroatoms. The van der Waals surface area contributed by atoms with Gasteiger partial charge in [-0.15, -0.1) is 6.42 Å². The maximum Gasteiger partial charge on any atom is 0.224 e. The van der Waals surface area contributed by atoms with Crippen LogP contribution in [0, 0.1) is 18.2 Å². The number of guanidine groups is 1. The van der Waals surface area contributed by atoms with E-state index in [4.69, 9.17) is 6.42 Å². The van der Waals surface area contributed by atoms with E-state index < -0.39 is 0 Å². The molecule has 1 aromatic carbocycles. The Kier molecular flexibility index (Phi) is 7.75. The molecule has 0 radical (unpaired) electrons. The van der Waals surface area contributed by atoms with Crippen molar-refractivity contribution in [2.24, 2.45) is 4.99 Å². The molecule has 6 nitrogen and oxygen atoms in total. The SMILES string of the molecule is C#CCNC(=NCCC(=O)N1CCN(c2ccc(F)cc2)CC1)NCC. The Morgan fingerprint density at radius 2 is 1.92 bits per heavy atom. The number of terminal acetylenes is 1. The summed E-state index contributed by atoms with van der Waals surface area (Å²) >= 11 is 0. The number of hydrogen-bond acceptors (Lipinski definition) is 3. The number of anilines is 1. The van der Waals surface area contributed by atoms with Crippen LogP contribution in [0.15, 0.2) is 29.3 Å². The molecule has 2 N–H and O–H groups in total. The number of amides is 1. The number of carbonyl (C=O) groups excluding carboxylic acids is 1. The number of hydrogen-bond donors (Lipinski definition) is 2. The zero-order valence-corrected chi connectivity index (χ0v) is 15.2. The Balaban J connectivity index is 1.77. The minimum atomic E-state index is -0.239. The summed E-state index contributed by atoms with van der Waals surface area (Å²) in [6, 6.07) is 6.46. The first-order valence-electron chi connectivity index (χ1n) is 8.88. The van der Waals surface area contributed by atoms with E-state index in [0.717, 1.165) is 25.3 Å². The Bertz CT molecular complexity index is 645. The molecule has 1 saturated heterocycles. The van der Waals surface area contributed by atoms with Crippen LogP contribution in [-0.4, -0.2) is 62.6 Å². The van der Waals surface area contributed by atoms with E-state index >= 15 is 0 Å². The number of piperazine rings is 1. The molecule has 1 amide bonds. The number of aliphatic imine (C=N–C) groups is 1. The highest BCUT2D eigenvalue weighted by Gasteiger charge is 2.20. The third kappa shape index (κ3) is 5.96. The van der Waals surface area contributed by atoms with Gasteiger partial charge in [0.2, 0.25) is 5.91 Å². The third-order valence-corrected chi connectivity index (χ3v) is 4.12. The summed E-state index contributed by atoms with van der Waals surface area (Å²) < 4.78 is 13.0. The van der Waals surface area contributed by atoms with Gasteiger partial charge in [0, 0.05) is 44.8 Å². The molecular formula is C19H26FN5O. The van der Waals surface area contributed by atoms with Crippen LogP contribution in [0.5, 0.6) is 0 Å². The second-order valence-electron chi connectivity index (χ2n) is 5.91. The number of carbonyl (C=O) groups is 1. The van der Waals surface area contributed by atoms with Gasteiger partial charge >= 0.3 is 0 Å². The smallest absolute Gasteiger partial charge is 0.224 e. The third-order valence-electron chi connectivity index (χ3n) is 4.12. The minimum absolute atomic E-state index is 0.0975. The van der Waals surface area contributed by atoms with E-state index in [-0.39, 0.29) is 11.7 Å². The van der Waals surface area contributed by atoms with Crippen molar-refractivity contribution in [2.45, 2.75) is 13.3 Å². The van der Waals surface area contributed by atoms with Gasteiger partial charge in [-0.1, -0.05) is 5.92 Å². The van der Waals surface area contributed by atoms with E-state index in [1.807, 2.05) is 11.8 Å². The minimum Gasteiger partial charge on any atom is -0.368 e. The largest absolute Gasteiger partial charge is 0.368 e. The predicted octanol–water partition coefficient (Wildman–Crippen LogP) is 1.05. The first-order valence-corrected chi connectivity index (χ1v) is 8.88. The quantitative estimate of drug-likeness (QED) is 0.453. The van der Waals surface area contributed by atoms with Crippen molar-refractivity contribution in [3.8, 4) is 12.3 Å². The second-order valence-corrected chi connectivity index (χ2v) is 5.91. The van der Waals surface area contributed by atoms with E-state index in [9.17, 15) is 9.18 Å². The maximum absolute atomic E-state index is 13.0. The molecule has 1 aliphatic rings. The lowest BCUT2D eigenvalue weighted by atomic mass is 10.2. The number of benzene rings is 1.